The third kappa shape index (κ3) is 5.24. The first-order valence-corrected chi connectivity index (χ1v) is 7.87. The Morgan fingerprint density at radius 1 is 1.21 bits per heavy atom. The number of hydrogen-bond acceptors (Lipinski definition) is 6. The van der Waals surface area contributed by atoms with E-state index in [1.165, 1.54) is 0 Å². The summed E-state index contributed by atoms with van der Waals surface area (Å²) in [5.41, 5.74) is 1.23. The lowest BCUT2D eigenvalue weighted by atomic mass is 10.2. The first-order valence-electron chi connectivity index (χ1n) is 7.87. The van der Waals surface area contributed by atoms with E-state index in [-0.39, 0.29) is 0 Å². The Kier molecular flexibility index (Phi) is 6.57. The number of nitrogens with zero attached hydrogens (tertiary/aromatic N) is 2. The molecule has 0 atom stereocenters. The van der Waals surface area contributed by atoms with Crippen molar-refractivity contribution >= 4 is 17.5 Å². The van der Waals surface area contributed by atoms with Crippen molar-refractivity contribution in [2.45, 2.75) is 6.92 Å². The Balaban J connectivity index is 2.06. The van der Waals surface area contributed by atoms with Crippen molar-refractivity contribution in [1.82, 2.24) is 9.88 Å². The number of ether oxygens (including phenoxy) is 2. The molecule has 1 heterocycles. The predicted molar refractivity (Wildman–Crippen MR) is 94.0 cm³/mol. The zero-order chi connectivity index (χ0) is 17.4. The Morgan fingerprint density at radius 3 is 2.62 bits per heavy atom. The third-order valence-electron chi connectivity index (χ3n) is 3.23. The molecule has 0 spiro atoms. The van der Waals surface area contributed by atoms with E-state index in [1.807, 2.05) is 50.2 Å². The Morgan fingerprint density at radius 2 is 1.96 bits per heavy atom. The van der Waals surface area contributed by atoms with Crippen molar-refractivity contribution < 1.29 is 14.3 Å². The number of carbonyl (C=O) groups excluding carboxylic acids is 1. The quantitative estimate of drug-likeness (QED) is 0.751. The number of likely N-dealkylation sites (N-methyl/N-ethyl adjacent to an activating group) is 1. The van der Waals surface area contributed by atoms with E-state index >= 15 is 0 Å². The summed E-state index contributed by atoms with van der Waals surface area (Å²) in [4.78, 5) is 18.4. The second-order valence-electron chi connectivity index (χ2n) is 5.42. The predicted octanol–water partition coefficient (Wildman–Crippen LogP) is 2.94. The molecule has 6 heteroatoms. The number of rotatable bonds is 8. The van der Waals surface area contributed by atoms with Gasteiger partial charge < -0.3 is 19.7 Å². The van der Waals surface area contributed by atoms with Gasteiger partial charge in [0.1, 0.15) is 23.7 Å². The van der Waals surface area contributed by atoms with Crippen LogP contribution in [-0.4, -0.2) is 49.7 Å². The molecule has 0 aliphatic carbocycles. The minimum atomic E-state index is -0.390. The van der Waals surface area contributed by atoms with E-state index in [4.69, 9.17) is 9.47 Å². The van der Waals surface area contributed by atoms with E-state index in [0.29, 0.717) is 31.1 Å². The van der Waals surface area contributed by atoms with Gasteiger partial charge in [-0.2, -0.15) is 0 Å². The van der Waals surface area contributed by atoms with Crippen LogP contribution in [0.15, 0.2) is 42.6 Å². The second-order valence-corrected chi connectivity index (χ2v) is 5.42. The monoisotopic (exact) mass is 329 g/mol. The van der Waals surface area contributed by atoms with E-state index in [9.17, 15) is 4.79 Å². The minimum Gasteiger partial charge on any atom is -0.494 e. The van der Waals surface area contributed by atoms with Crippen LogP contribution in [0.1, 0.15) is 17.3 Å². The molecule has 0 bridgehead atoms. The highest BCUT2D eigenvalue weighted by molar-refractivity contribution is 5.95. The van der Waals surface area contributed by atoms with Crippen LogP contribution in [0.25, 0.3) is 0 Å². The second kappa shape index (κ2) is 8.88. The zero-order valence-electron chi connectivity index (χ0n) is 14.3. The summed E-state index contributed by atoms with van der Waals surface area (Å²) in [7, 11) is 3.85. The maximum atomic E-state index is 12.2. The molecule has 2 rings (SSSR count). The molecule has 0 unspecified atom stereocenters. The number of hydrogen-bond donors (Lipinski definition) is 1. The van der Waals surface area contributed by atoms with Crippen molar-refractivity contribution in [3.8, 4) is 5.75 Å². The van der Waals surface area contributed by atoms with Gasteiger partial charge in [-0.05, 0) is 57.4 Å². The molecule has 1 aromatic heterocycles. The molecule has 0 saturated carbocycles. The normalized spacial score (nSPS) is 10.5. The average molecular weight is 329 g/mol. The van der Waals surface area contributed by atoms with Crippen molar-refractivity contribution in [3.63, 3.8) is 0 Å². The molecule has 1 N–H and O–H groups in total. The molecule has 6 nitrogen and oxygen atoms in total. The Hall–Kier alpha value is -2.60. The molecular formula is C18H23N3O3. The lowest BCUT2D eigenvalue weighted by Gasteiger charge is -2.13. The van der Waals surface area contributed by atoms with Gasteiger partial charge in [-0.1, -0.05) is 0 Å². The molecular weight excluding hydrogens is 306 g/mol. The topological polar surface area (TPSA) is 63.7 Å². The van der Waals surface area contributed by atoms with Gasteiger partial charge in [0.2, 0.25) is 0 Å². The van der Waals surface area contributed by atoms with Crippen LogP contribution in [0.4, 0.5) is 11.5 Å². The van der Waals surface area contributed by atoms with Crippen LogP contribution in [0.5, 0.6) is 5.75 Å². The molecule has 0 fully saturated rings. The van der Waals surface area contributed by atoms with Gasteiger partial charge in [-0.25, -0.2) is 9.78 Å². The van der Waals surface area contributed by atoms with Gasteiger partial charge in [-0.15, -0.1) is 0 Å². The van der Waals surface area contributed by atoms with Crippen LogP contribution in [0.2, 0.25) is 0 Å². The van der Waals surface area contributed by atoms with Gasteiger partial charge in [-0.3, -0.25) is 0 Å². The summed E-state index contributed by atoms with van der Waals surface area (Å²) < 4.78 is 10.7. The van der Waals surface area contributed by atoms with Crippen LogP contribution in [0.3, 0.4) is 0 Å². The number of esters is 1. The first kappa shape index (κ1) is 17.7. The van der Waals surface area contributed by atoms with Crippen molar-refractivity contribution in [1.29, 1.82) is 0 Å². The maximum Gasteiger partial charge on any atom is 0.341 e. The van der Waals surface area contributed by atoms with E-state index in [0.717, 1.165) is 11.4 Å². The Bertz CT molecular complexity index is 657. The molecule has 1 aromatic carbocycles. The summed E-state index contributed by atoms with van der Waals surface area (Å²) in [6.07, 6.45) is 1.63. The first-order chi connectivity index (χ1) is 11.6. The summed E-state index contributed by atoms with van der Waals surface area (Å²) >= 11 is 0. The SMILES string of the molecule is CCOc1ccc(Nc2ncccc2C(=O)OCCN(C)C)cc1. The third-order valence-corrected chi connectivity index (χ3v) is 3.23. The highest BCUT2D eigenvalue weighted by Crippen LogP contribution is 2.21. The summed E-state index contributed by atoms with van der Waals surface area (Å²) in [5.74, 6) is 0.877. The fourth-order valence-corrected chi connectivity index (χ4v) is 2.01. The molecule has 0 amide bonds. The molecule has 0 radical (unpaired) electrons. The van der Waals surface area contributed by atoms with Gasteiger partial charge in [0.05, 0.1) is 6.61 Å². The molecule has 2 aromatic rings. The average Bonchev–Trinajstić information content (AvgIpc) is 2.57. The number of nitrogens with one attached hydrogen (secondary N) is 1. The van der Waals surface area contributed by atoms with Crippen LogP contribution >= 0.6 is 0 Å². The van der Waals surface area contributed by atoms with Crippen molar-refractivity contribution in [2.24, 2.45) is 0 Å². The van der Waals surface area contributed by atoms with Gasteiger partial charge in [0.15, 0.2) is 0 Å². The summed E-state index contributed by atoms with van der Waals surface area (Å²) in [6.45, 7) is 3.57. The van der Waals surface area contributed by atoms with E-state index in [1.54, 1.807) is 18.3 Å². The highest BCUT2D eigenvalue weighted by atomic mass is 16.5. The van der Waals surface area contributed by atoms with Crippen LogP contribution in [0, 0.1) is 0 Å². The molecule has 128 valence electrons. The fourth-order valence-electron chi connectivity index (χ4n) is 2.01. The summed E-state index contributed by atoms with van der Waals surface area (Å²) in [6, 6.07) is 10.9. The number of pyridine rings is 1. The van der Waals surface area contributed by atoms with Crippen LogP contribution < -0.4 is 10.1 Å². The molecule has 0 saturated heterocycles. The number of aromatic nitrogens is 1. The van der Waals surface area contributed by atoms with Crippen molar-refractivity contribution in [2.75, 3.05) is 39.2 Å². The lowest BCUT2D eigenvalue weighted by Crippen LogP contribution is -2.20. The fraction of sp³-hybridized carbons (Fsp3) is 0.333. The van der Waals surface area contributed by atoms with E-state index < -0.39 is 5.97 Å². The standard InChI is InChI=1S/C18H23N3O3/c1-4-23-15-9-7-14(8-10-15)20-17-16(6-5-11-19-17)18(22)24-13-12-21(2)3/h5-11H,4,12-13H2,1-3H3,(H,19,20). The van der Waals surface area contributed by atoms with Gasteiger partial charge in [0, 0.05) is 18.4 Å². The zero-order valence-corrected chi connectivity index (χ0v) is 14.3. The molecule has 0 aliphatic heterocycles. The van der Waals surface area contributed by atoms with Crippen molar-refractivity contribution in [3.05, 3.63) is 48.2 Å². The largest absolute Gasteiger partial charge is 0.494 e. The highest BCUT2D eigenvalue weighted by Gasteiger charge is 2.14. The van der Waals surface area contributed by atoms with E-state index in [2.05, 4.69) is 10.3 Å². The minimum absolute atomic E-state index is 0.337. The number of carbonyl (C=O) groups is 1. The lowest BCUT2D eigenvalue weighted by molar-refractivity contribution is 0.0482. The number of benzene rings is 1. The maximum absolute atomic E-state index is 12.2. The number of anilines is 2. The van der Waals surface area contributed by atoms with Gasteiger partial charge >= 0.3 is 5.97 Å². The summed E-state index contributed by atoms with van der Waals surface area (Å²) in [5, 5.41) is 3.14. The molecule has 24 heavy (non-hydrogen) atoms. The van der Waals surface area contributed by atoms with Gasteiger partial charge in [0.25, 0.3) is 0 Å². The van der Waals surface area contributed by atoms with Crippen LogP contribution in [-0.2, 0) is 4.74 Å². The molecule has 0 aliphatic rings. The Labute approximate surface area is 142 Å². The smallest absolute Gasteiger partial charge is 0.341 e.